The lowest BCUT2D eigenvalue weighted by molar-refractivity contribution is 0.306. The molecule has 1 N–H and O–H groups in total. The van der Waals surface area contributed by atoms with E-state index in [0.717, 1.165) is 0 Å². The van der Waals surface area contributed by atoms with Crippen molar-refractivity contribution >= 4 is 26.2 Å². The average molecular weight is 344 g/mol. The Labute approximate surface area is 120 Å². The van der Waals surface area contributed by atoms with Gasteiger partial charge in [-0.2, -0.15) is 27.8 Å². The Bertz CT molecular complexity index is 687. The number of hydrogen-bond donors (Lipinski definition) is 1. The summed E-state index contributed by atoms with van der Waals surface area (Å²) in [7, 11) is -7.32. The Kier molecular flexibility index (Phi) is 5.49. The third kappa shape index (κ3) is 6.70. The topological polar surface area (TPSA) is 140 Å². The van der Waals surface area contributed by atoms with Crippen molar-refractivity contribution in [1.82, 2.24) is 15.0 Å². The zero-order chi connectivity index (χ0) is 16.3. The van der Waals surface area contributed by atoms with E-state index >= 15 is 0 Å². The van der Waals surface area contributed by atoms with E-state index in [-0.39, 0.29) is 18.3 Å². The first-order valence-electron chi connectivity index (χ1n) is 5.40. The molecule has 0 aromatic carbocycles. The number of rotatable bonds is 7. The van der Waals surface area contributed by atoms with Crippen molar-refractivity contribution in [2.24, 2.45) is 0 Å². The van der Waals surface area contributed by atoms with Crippen LogP contribution in [-0.4, -0.2) is 61.6 Å². The second kappa shape index (κ2) is 6.55. The lowest BCUT2D eigenvalue weighted by atomic mass is 10.6. The van der Waals surface area contributed by atoms with E-state index in [1.165, 1.54) is 18.9 Å². The predicted octanol–water partition coefficient (Wildman–Crippen LogP) is -1.05. The van der Waals surface area contributed by atoms with Gasteiger partial charge < -0.3 is 4.90 Å². The maximum absolute atomic E-state index is 13.0. The van der Waals surface area contributed by atoms with Gasteiger partial charge in [0.2, 0.25) is 5.95 Å². The molecule has 0 aliphatic heterocycles. The summed E-state index contributed by atoms with van der Waals surface area (Å²) in [6.45, 7) is 1.30. The van der Waals surface area contributed by atoms with Crippen molar-refractivity contribution in [3.63, 3.8) is 0 Å². The Balaban J connectivity index is 2.65. The summed E-state index contributed by atoms with van der Waals surface area (Å²) >= 11 is 0. The van der Waals surface area contributed by atoms with Crippen LogP contribution < -0.4 is 4.90 Å². The SMILES string of the molecule is Cc1nc(F)nc(N(C)CCS(=O)(=O)COS(=O)(=O)O)n1. The molecule has 13 heteroatoms. The van der Waals surface area contributed by atoms with Crippen LogP contribution in [-0.2, 0) is 24.4 Å². The van der Waals surface area contributed by atoms with Gasteiger partial charge in [-0.1, -0.05) is 0 Å². The van der Waals surface area contributed by atoms with Crippen molar-refractivity contribution in [2.45, 2.75) is 6.92 Å². The molecule has 21 heavy (non-hydrogen) atoms. The monoisotopic (exact) mass is 344 g/mol. The van der Waals surface area contributed by atoms with Crippen molar-refractivity contribution in [3.8, 4) is 0 Å². The first-order chi connectivity index (χ1) is 9.48. The van der Waals surface area contributed by atoms with Crippen LogP contribution in [0.4, 0.5) is 10.3 Å². The van der Waals surface area contributed by atoms with Crippen LogP contribution in [0.1, 0.15) is 5.82 Å². The number of anilines is 1. The van der Waals surface area contributed by atoms with Crippen LogP contribution in [0.5, 0.6) is 0 Å². The quantitative estimate of drug-likeness (QED) is 0.609. The fourth-order valence-electron chi connectivity index (χ4n) is 1.18. The summed E-state index contributed by atoms with van der Waals surface area (Å²) in [6, 6.07) is 0. The minimum absolute atomic E-state index is 0.0640. The third-order valence-electron chi connectivity index (χ3n) is 2.16. The van der Waals surface area contributed by atoms with Gasteiger partial charge in [0, 0.05) is 13.6 Å². The van der Waals surface area contributed by atoms with Gasteiger partial charge in [-0.15, -0.1) is 0 Å². The van der Waals surface area contributed by atoms with Gasteiger partial charge >= 0.3 is 16.5 Å². The van der Waals surface area contributed by atoms with E-state index in [0.29, 0.717) is 0 Å². The Morgan fingerprint density at radius 1 is 1.24 bits per heavy atom. The van der Waals surface area contributed by atoms with Gasteiger partial charge in [0.05, 0.1) is 5.75 Å². The van der Waals surface area contributed by atoms with Crippen LogP contribution in [0.15, 0.2) is 0 Å². The van der Waals surface area contributed by atoms with Crippen LogP contribution in [0.25, 0.3) is 0 Å². The van der Waals surface area contributed by atoms with Gasteiger partial charge in [0.15, 0.2) is 15.8 Å². The van der Waals surface area contributed by atoms with E-state index in [4.69, 9.17) is 4.55 Å². The van der Waals surface area contributed by atoms with Gasteiger partial charge in [0.1, 0.15) is 5.82 Å². The van der Waals surface area contributed by atoms with E-state index < -0.39 is 38.0 Å². The highest BCUT2D eigenvalue weighted by Gasteiger charge is 2.18. The number of aryl methyl sites for hydroxylation is 1. The standard InChI is InChI=1S/C8H13FN4O6S2/c1-6-10-7(9)12-8(11-6)13(2)3-4-20(14,15)5-19-21(16,17)18/h3-5H2,1-2H3,(H,16,17,18). The fourth-order valence-corrected chi connectivity index (χ4v) is 2.92. The molecule has 0 saturated carbocycles. The Morgan fingerprint density at radius 2 is 1.86 bits per heavy atom. The van der Waals surface area contributed by atoms with E-state index in [1.54, 1.807) is 0 Å². The molecule has 120 valence electrons. The van der Waals surface area contributed by atoms with Gasteiger partial charge in [0.25, 0.3) is 0 Å². The molecule has 10 nitrogen and oxygen atoms in total. The predicted molar refractivity (Wildman–Crippen MR) is 69.1 cm³/mol. The highest BCUT2D eigenvalue weighted by atomic mass is 32.3. The van der Waals surface area contributed by atoms with Crippen molar-refractivity contribution in [2.75, 3.05) is 30.2 Å². The maximum atomic E-state index is 13.0. The second-order valence-corrected chi connectivity index (χ2v) is 7.21. The van der Waals surface area contributed by atoms with Crippen molar-refractivity contribution in [3.05, 3.63) is 11.9 Å². The van der Waals surface area contributed by atoms with E-state index in [9.17, 15) is 21.2 Å². The largest absolute Gasteiger partial charge is 0.398 e. The smallest absolute Gasteiger partial charge is 0.343 e. The molecule has 1 rings (SSSR count). The number of sulfone groups is 1. The minimum Gasteiger partial charge on any atom is -0.343 e. The molecule has 0 radical (unpaired) electrons. The van der Waals surface area contributed by atoms with Gasteiger partial charge in [-0.05, 0) is 6.92 Å². The number of hydrogen-bond acceptors (Lipinski definition) is 9. The summed E-state index contributed by atoms with van der Waals surface area (Å²) in [5.41, 5.74) is 0. The number of nitrogens with zero attached hydrogens (tertiary/aromatic N) is 4. The van der Waals surface area contributed by atoms with Gasteiger partial charge in [-0.3, -0.25) is 4.55 Å². The molecular formula is C8H13FN4O6S2. The zero-order valence-corrected chi connectivity index (χ0v) is 12.7. The first kappa shape index (κ1) is 17.6. The summed E-state index contributed by atoms with van der Waals surface area (Å²) in [6.07, 6.45) is -0.998. The second-order valence-electron chi connectivity index (χ2n) is 3.98. The zero-order valence-electron chi connectivity index (χ0n) is 11.1. The summed E-state index contributed by atoms with van der Waals surface area (Å²) in [4.78, 5) is 11.8. The normalized spacial score (nSPS) is 12.4. The van der Waals surface area contributed by atoms with Crippen LogP contribution in [0, 0.1) is 13.0 Å². The molecule has 1 aromatic heterocycles. The lowest BCUT2D eigenvalue weighted by Crippen LogP contribution is -2.29. The van der Waals surface area contributed by atoms with Crippen molar-refractivity contribution in [1.29, 1.82) is 0 Å². The molecule has 0 bridgehead atoms. The molecule has 0 atom stereocenters. The van der Waals surface area contributed by atoms with Gasteiger partial charge in [-0.25, -0.2) is 12.6 Å². The molecule has 0 amide bonds. The Morgan fingerprint density at radius 3 is 2.38 bits per heavy atom. The number of halogens is 1. The summed E-state index contributed by atoms with van der Waals surface area (Å²) in [5, 5.41) is 0. The fraction of sp³-hybridized carbons (Fsp3) is 0.625. The molecule has 0 saturated heterocycles. The Hall–Kier alpha value is -1.44. The minimum atomic E-state index is -4.83. The van der Waals surface area contributed by atoms with Crippen LogP contribution >= 0.6 is 0 Å². The summed E-state index contributed by atoms with van der Waals surface area (Å²) in [5.74, 6) is -1.64. The van der Waals surface area contributed by atoms with Crippen molar-refractivity contribution < 1.29 is 30.0 Å². The molecule has 0 unspecified atom stereocenters. The van der Waals surface area contributed by atoms with E-state index in [1.807, 2.05) is 0 Å². The molecule has 1 heterocycles. The molecular weight excluding hydrogens is 331 g/mol. The highest BCUT2D eigenvalue weighted by molar-refractivity contribution is 7.92. The third-order valence-corrected chi connectivity index (χ3v) is 4.01. The van der Waals surface area contributed by atoms with Crippen LogP contribution in [0.2, 0.25) is 0 Å². The summed E-state index contributed by atoms with van der Waals surface area (Å²) < 4.78 is 68.7. The maximum Gasteiger partial charge on any atom is 0.398 e. The van der Waals surface area contributed by atoms with E-state index in [2.05, 4.69) is 19.1 Å². The molecule has 0 aliphatic carbocycles. The molecule has 1 aromatic rings. The highest BCUT2D eigenvalue weighted by Crippen LogP contribution is 2.06. The molecule has 0 fully saturated rings. The first-order valence-corrected chi connectivity index (χ1v) is 8.59. The molecule has 0 aliphatic rings. The molecule has 0 spiro atoms. The average Bonchev–Trinajstić information content (AvgIpc) is 2.32. The van der Waals surface area contributed by atoms with Crippen LogP contribution in [0.3, 0.4) is 0 Å². The lowest BCUT2D eigenvalue weighted by Gasteiger charge is -2.16. The number of aromatic nitrogens is 3.